The van der Waals surface area contributed by atoms with Gasteiger partial charge in [0.25, 0.3) is 0 Å². The maximum absolute atomic E-state index is 12.4. The van der Waals surface area contributed by atoms with E-state index in [1.807, 2.05) is 0 Å². The molecule has 2 rings (SSSR count). The highest BCUT2D eigenvalue weighted by Gasteiger charge is 2.43. The highest BCUT2D eigenvalue weighted by atomic mass is 19.4. The molecule has 0 saturated heterocycles. The lowest BCUT2D eigenvalue weighted by atomic mass is 9.99. The highest BCUT2D eigenvalue weighted by molar-refractivity contribution is 5.88. The number of nitrogens with two attached hydrogens (primary N) is 1. The van der Waals surface area contributed by atoms with Crippen molar-refractivity contribution in [2.75, 3.05) is 11.9 Å². The van der Waals surface area contributed by atoms with Crippen LogP contribution in [0.15, 0.2) is 18.2 Å². The first-order valence-electron chi connectivity index (χ1n) is 5.82. The normalized spacial score (nSPS) is 14.7. The van der Waals surface area contributed by atoms with E-state index in [9.17, 15) is 22.8 Å². The van der Waals surface area contributed by atoms with Gasteiger partial charge in [-0.1, -0.05) is 6.07 Å². The van der Waals surface area contributed by atoms with Crippen LogP contribution >= 0.6 is 0 Å². The van der Waals surface area contributed by atoms with Crippen LogP contribution in [0.4, 0.5) is 23.7 Å². The number of urea groups is 1. The number of alkyl halides is 3. The van der Waals surface area contributed by atoms with Gasteiger partial charge in [0.05, 0.1) is 0 Å². The fraction of sp³-hybridized carbons (Fsp3) is 0.333. The monoisotopic (exact) mass is 287 g/mol. The molecule has 0 spiro atoms. The first kappa shape index (κ1) is 14.2. The molecule has 0 aliphatic carbocycles. The lowest BCUT2D eigenvalue weighted by Gasteiger charge is -2.29. The van der Waals surface area contributed by atoms with Crippen LogP contribution in [0.3, 0.4) is 0 Å². The molecule has 0 fully saturated rings. The van der Waals surface area contributed by atoms with E-state index < -0.39 is 18.1 Å². The summed E-state index contributed by atoms with van der Waals surface area (Å²) in [5.74, 6) is -1.85. The fourth-order valence-corrected chi connectivity index (χ4v) is 2.13. The second-order valence-electron chi connectivity index (χ2n) is 4.45. The summed E-state index contributed by atoms with van der Waals surface area (Å²) in [6.07, 6.45) is -4.53. The number of amides is 3. The second kappa shape index (κ2) is 5.03. The quantitative estimate of drug-likeness (QED) is 0.823. The Morgan fingerprint density at radius 3 is 2.55 bits per heavy atom. The molecule has 0 unspecified atom stereocenters. The van der Waals surface area contributed by atoms with Crippen molar-refractivity contribution in [1.82, 2.24) is 4.90 Å². The summed E-state index contributed by atoms with van der Waals surface area (Å²) in [6.45, 7) is -0.115. The van der Waals surface area contributed by atoms with E-state index in [2.05, 4.69) is 5.32 Å². The Hall–Kier alpha value is -2.25. The number of anilines is 1. The van der Waals surface area contributed by atoms with E-state index in [1.165, 1.54) is 6.07 Å². The zero-order valence-corrected chi connectivity index (χ0v) is 10.3. The molecule has 1 aliphatic heterocycles. The van der Waals surface area contributed by atoms with Crippen LogP contribution in [-0.2, 0) is 17.8 Å². The van der Waals surface area contributed by atoms with Gasteiger partial charge in [-0.15, -0.1) is 0 Å². The molecule has 0 bridgehead atoms. The van der Waals surface area contributed by atoms with Gasteiger partial charge < -0.3 is 16.0 Å². The fourth-order valence-electron chi connectivity index (χ4n) is 2.13. The number of rotatable bonds is 1. The van der Waals surface area contributed by atoms with Crippen LogP contribution in [0, 0.1) is 0 Å². The summed E-state index contributed by atoms with van der Waals surface area (Å²) in [4.78, 5) is 22.7. The van der Waals surface area contributed by atoms with Gasteiger partial charge in [0.1, 0.15) is 0 Å². The molecule has 0 aromatic heterocycles. The van der Waals surface area contributed by atoms with E-state index in [1.54, 1.807) is 12.1 Å². The summed E-state index contributed by atoms with van der Waals surface area (Å²) in [7, 11) is 0. The number of nitrogens with one attached hydrogen (secondary N) is 1. The third-order valence-electron chi connectivity index (χ3n) is 3.02. The van der Waals surface area contributed by atoms with Crippen molar-refractivity contribution in [3.05, 3.63) is 29.3 Å². The standard InChI is InChI=1S/C12H12F3N3O2/c13-12(14,15)10(19)18-4-3-7-1-2-9(17-11(16)20)5-8(7)6-18/h1-2,5H,3-4,6H2,(H3,16,17,20). The van der Waals surface area contributed by atoms with Crippen LogP contribution in [0.5, 0.6) is 0 Å². The number of carbonyl (C=O) groups excluding carboxylic acids is 2. The van der Waals surface area contributed by atoms with Crippen molar-refractivity contribution in [1.29, 1.82) is 0 Å². The molecule has 1 aromatic rings. The number of hydrogen-bond donors (Lipinski definition) is 2. The number of fused-ring (bicyclic) bond motifs is 1. The number of carbonyl (C=O) groups is 2. The maximum Gasteiger partial charge on any atom is 0.471 e. The summed E-state index contributed by atoms with van der Waals surface area (Å²) < 4.78 is 37.2. The molecular formula is C12H12F3N3O2. The molecule has 0 radical (unpaired) electrons. The number of primary amides is 1. The van der Waals surface area contributed by atoms with Gasteiger partial charge in [0, 0.05) is 18.8 Å². The number of nitrogens with zero attached hydrogens (tertiary/aromatic N) is 1. The molecule has 1 aromatic carbocycles. The predicted octanol–water partition coefficient (Wildman–Crippen LogP) is 1.62. The van der Waals surface area contributed by atoms with Crippen molar-refractivity contribution in [2.24, 2.45) is 5.73 Å². The van der Waals surface area contributed by atoms with Crippen LogP contribution < -0.4 is 11.1 Å². The summed E-state index contributed by atoms with van der Waals surface area (Å²) >= 11 is 0. The molecule has 3 amide bonds. The molecule has 20 heavy (non-hydrogen) atoms. The zero-order chi connectivity index (χ0) is 14.9. The van der Waals surface area contributed by atoms with E-state index in [4.69, 9.17) is 5.73 Å². The lowest BCUT2D eigenvalue weighted by molar-refractivity contribution is -0.186. The predicted molar refractivity (Wildman–Crippen MR) is 64.8 cm³/mol. The van der Waals surface area contributed by atoms with Gasteiger partial charge in [-0.2, -0.15) is 13.2 Å². The minimum absolute atomic E-state index is 0.0218. The van der Waals surface area contributed by atoms with Crippen molar-refractivity contribution >= 4 is 17.6 Å². The van der Waals surface area contributed by atoms with E-state index in [0.29, 0.717) is 17.7 Å². The first-order valence-corrected chi connectivity index (χ1v) is 5.82. The van der Waals surface area contributed by atoms with Crippen LogP contribution in [0.25, 0.3) is 0 Å². The Bertz CT molecular complexity index is 557. The third kappa shape index (κ3) is 3.01. The summed E-state index contributed by atoms with van der Waals surface area (Å²) in [5, 5.41) is 2.34. The summed E-state index contributed by atoms with van der Waals surface area (Å²) in [5.41, 5.74) is 6.78. The minimum Gasteiger partial charge on any atom is -0.351 e. The average Bonchev–Trinajstić information content (AvgIpc) is 2.35. The average molecular weight is 287 g/mol. The molecule has 5 nitrogen and oxygen atoms in total. The zero-order valence-electron chi connectivity index (χ0n) is 10.3. The highest BCUT2D eigenvalue weighted by Crippen LogP contribution is 2.26. The topological polar surface area (TPSA) is 75.4 Å². The Balaban J connectivity index is 2.20. The molecule has 8 heteroatoms. The van der Waals surface area contributed by atoms with Gasteiger partial charge in [-0.25, -0.2) is 4.79 Å². The minimum atomic E-state index is -4.87. The van der Waals surface area contributed by atoms with E-state index in [-0.39, 0.29) is 13.1 Å². The van der Waals surface area contributed by atoms with Gasteiger partial charge >= 0.3 is 18.1 Å². The molecule has 3 N–H and O–H groups in total. The first-order chi connectivity index (χ1) is 9.27. The number of benzene rings is 1. The Morgan fingerprint density at radius 1 is 1.25 bits per heavy atom. The SMILES string of the molecule is NC(=O)Nc1ccc2c(c1)CN(C(=O)C(F)(F)F)CC2. The van der Waals surface area contributed by atoms with Gasteiger partial charge in [-0.3, -0.25) is 4.79 Å². The summed E-state index contributed by atoms with van der Waals surface area (Å²) in [6, 6.07) is 4.08. The smallest absolute Gasteiger partial charge is 0.351 e. The molecule has 0 atom stereocenters. The maximum atomic E-state index is 12.4. The van der Waals surface area contributed by atoms with E-state index in [0.717, 1.165) is 10.5 Å². The Labute approximate surface area is 112 Å². The van der Waals surface area contributed by atoms with Gasteiger partial charge in [0.15, 0.2) is 0 Å². The number of halogens is 3. The van der Waals surface area contributed by atoms with Crippen molar-refractivity contribution < 1.29 is 22.8 Å². The molecule has 1 heterocycles. The van der Waals surface area contributed by atoms with Crippen molar-refractivity contribution in [3.63, 3.8) is 0 Å². The van der Waals surface area contributed by atoms with Crippen LogP contribution in [0.2, 0.25) is 0 Å². The molecule has 108 valence electrons. The second-order valence-corrected chi connectivity index (χ2v) is 4.45. The third-order valence-corrected chi connectivity index (χ3v) is 3.02. The van der Waals surface area contributed by atoms with Crippen molar-refractivity contribution in [2.45, 2.75) is 19.1 Å². The lowest BCUT2D eigenvalue weighted by Crippen LogP contribution is -2.43. The van der Waals surface area contributed by atoms with Gasteiger partial charge in [-0.05, 0) is 29.7 Å². The molecule has 0 saturated carbocycles. The van der Waals surface area contributed by atoms with E-state index >= 15 is 0 Å². The van der Waals surface area contributed by atoms with Gasteiger partial charge in [0.2, 0.25) is 0 Å². The molecule has 1 aliphatic rings. The van der Waals surface area contributed by atoms with Crippen molar-refractivity contribution in [3.8, 4) is 0 Å². The Morgan fingerprint density at radius 2 is 1.95 bits per heavy atom. The Kier molecular flexibility index (Phi) is 3.56. The largest absolute Gasteiger partial charge is 0.471 e. The number of hydrogen-bond acceptors (Lipinski definition) is 2. The van der Waals surface area contributed by atoms with Crippen LogP contribution in [-0.4, -0.2) is 29.6 Å². The van der Waals surface area contributed by atoms with Crippen LogP contribution in [0.1, 0.15) is 11.1 Å². The molecular weight excluding hydrogens is 275 g/mol.